The van der Waals surface area contributed by atoms with Gasteiger partial charge in [0, 0.05) is 18.6 Å². The van der Waals surface area contributed by atoms with Gasteiger partial charge in [-0.05, 0) is 23.8 Å². The Hall–Kier alpha value is -3.77. The highest BCUT2D eigenvalue weighted by molar-refractivity contribution is 7.19. The molecule has 0 bridgehead atoms. The maximum Gasteiger partial charge on any atom is 0.268 e. The number of carbonyl (C=O) groups is 1. The van der Waals surface area contributed by atoms with Gasteiger partial charge in [0.2, 0.25) is 0 Å². The summed E-state index contributed by atoms with van der Waals surface area (Å²) in [6, 6.07) is 5.78. The zero-order valence-electron chi connectivity index (χ0n) is 13.1. The van der Waals surface area contributed by atoms with Crippen LogP contribution in [0.15, 0.2) is 48.6 Å². The van der Waals surface area contributed by atoms with Crippen LogP contribution in [0.1, 0.15) is 5.56 Å². The van der Waals surface area contributed by atoms with E-state index in [1.54, 1.807) is 30.9 Å². The number of phenolic OH excluding ortho intramolecular Hbond substituents is 2. The van der Waals surface area contributed by atoms with E-state index in [-0.39, 0.29) is 17.1 Å². The molecular formula is C17H11N5O3S. The van der Waals surface area contributed by atoms with Crippen LogP contribution in [0.2, 0.25) is 0 Å². The molecule has 8 nitrogen and oxygen atoms in total. The summed E-state index contributed by atoms with van der Waals surface area (Å²) in [6.45, 7) is 0. The van der Waals surface area contributed by atoms with Gasteiger partial charge in [-0.25, -0.2) is 4.98 Å². The van der Waals surface area contributed by atoms with Gasteiger partial charge in [-0.15, -0.1) is 0 Å². The number of anilines is 1. The van der Waals surface area contributed by atoms with Crippen LogP contribution in [0, 0.1) is 11.3 Å². The van der Waals surface area contributed by atoms with Crippen LogP contribution in [0.25, 0.3) is 16.6 Å². The standard InChI is InChI=1S/C17H11N5O3S/c18-7-11(5-10-1-2-13(23)14(24)6-10)16(25)22-17-21-9-15(26-17)12-8-19-3-4-20-12/h1-6,8-9,23-24H,(H,21,22,25)/b11-5+. The summed E-state index contributed by atoms with van der Waals surface area (Å²) < 4.78 is 0. The van der Waals surface area contributed by atoms with Crippen LogP contribution in [0.5, 0.6) is 11.5 Å². The minimum atomic E-state index is -0.639. The molecular weight excluding hydrogens is 354 g/mol. The highest BCUT2D eigenvalue weighted by atomic mass is 32.1. The van der Waals surface area contributed by atoms with E-state index < -0.39 is 5.91 Å². The van der Waals surface area contributed by atoms with Crippen molar-refractivity contribution in [3.63, 3.8) is 0 Å². The smallest absolute Gasteiger partial charge is 0.268 e. The molecule has 0 atom stereocenters. The molecule has 1 aromatic carbocycles. The first-order valence-electron chi connectivity index (χ1n) is 7.24. The summed E-state index contributed by atoms with van der Waals surface area (Å²) in [5.74, 6) is -1.27. The average Bonchev–Trinajstić information content (AvgIpc) is 3.11. The molecule has 3 N–H and O–H groups in total. The molecule has 0 aliphatic heterocycles. The fourth-order valence-corrected chi connectivity index (χ4v) is 2.76. The molecule has 0 saturated heterocycles. The number of thiazole rings is 1. The Kier molecular flexibility index (Phi) is 4.87. The Morgan fingerprint density at radius 1 is 1.19 bits per heavy atom. The third-order valence-corrected chi connectivity index (χ3v) is 4.15. The van der Waals surface area contributed by atoms with Crippen LogP contribution in [0.3, 0.4) is 0 Å². The topological polar surface area (TPSA) is 132 Å². The Balaban J connectivity index is 1.78. The Morgan fingerprint density at radius 2 is 2.04 bits per heavy atom. The second-order valence-electron chi connectivity index (χ2n) is 4.99. The SMILES string of the molecule is N#C/C(=C\c1ccc(O)c(O)c1)C(=O)Nc1ncc(-c2cnccn2)s1. The first-order valence-corrected chi connectivity index (χ1v) is 8.06. The number of phenols is 2. The molecule has 0 aliphatic rings. The maximum absolute atomic E-state index is 12.3. The summed E-state index contributed by atoms with van der Waals surface area (Å²) in [6.07, 6.45) is 7.54. The molecule has 0 aliphatic carbocycles. The van der Waals surface area contributed by atoms with Crippen LogP contribution < -0.4 is 5.32 Å². The van der Waals surface area contributed by atoms with Crippen molar-refractivity contribution >= 4 is 28.5 Å². The molecule has 128 valence electrons. The van der Waals surface area contributed by atoms with E-state index in [9.17, 15) is 20.3 Å². The molecule has 0 radical (unpaired) electrons. The van der Waals surface area contributed by atoms with Gasteiger partial charge in [0.1, 0.15) is 17.3 Å². The molecule has 0 saturated carbocycles. The molecule has 26 heavy (non-hydrogen) atoms. The van der Waals surface area contributed by atoms with Gasteiger partial charge in [-0.1, -0.05) is 17.4 Å². The predicted molar refractivity (Wildman–Crippen MR) is 95.1 cm³/mol. The third-order valence-electron chi connectivity index (χ3n) is 3.22. The van der Waals surface area contributed by atoms with E-state index in [0.717, 1.165) is 4.88 Å². The fourth-order valence-electron chi connectivity index (χ4n) is 1.99. The predicted octanol–water partition coefficient (Wildman–Crippen LogP) is 2.56. The van der Waals surface area contributed by atoms with Crippen molar-refractivity contribution in [3.05, 3.63) is 54.1 Å². The second-order valence-corrected chi connectivity index (χ2v) is 6.02. The molecule has 3 rings (SSSR count). The van der Waals surface area contributed by atoms with Gasteiger partial charge in [-0.2, -0.15) is 5.26 Å². The van der Waals surface area contributed by atoms with Crippen molar-refractivity contribution in [2.45, 2.75) is 0 Å². The number of aromatic hydroxyl groups is 2. The molecule has 2 aromatic heterocycles. The van der Waals surface area contributed by atoms with Crippen molar-refractivity contribution in [2.75, 3.05) is 5.32 Å². The molecule has 0 fully saturated rings. The first-order chi connectivity index (χ1) is 12.6. The van der Waals surface area contributed by atoms with E-state index in [1.165, 1.54) is 35.6 Å². The number of hydrogen-bond acceptors (Lipinski definition) is 8. The highest BCUT2D eigenvalue weighted by Crippen LogP contribution is 2.28. The molecule has 9 heteroatoms. The van der Waals surface area contributed by atoms with Crippen molar-refractivity contribution in [2.24, 2.45) is 0 Å². The Labute approximate surface area is 151 Å². The number of nitrogens with zero attached hydrogens (tertiary/aromatic N) is 4. The Bertz CT molecular complexity index is 1020. The lowest BCUT2D eigenvalue weighted by Gasteiger charge is -2.02. The lowest BCUT2D eigenvalue weighted by atomic mass is 10.1. The van der Waals surface area contributed by atoms with E-state index in [4.69, 9.17) is 0 Å². The van der Waals surface area contributed by atoms with Gasteiger partial charge >= 0.3 is 0 Å². The van der Waals surface area contributed by atoms with E-state index >= 15 is 0 Å². The summed E-state index contributed by atoms with van der Waals surface area (Å²) in [7, 11) is 0. The summed E-state index contributed by atoms with van der Waals surface area (Å²) >= 11 is 1.20. The largest absolute Gasteiger partial charge is 0.504 e. The summed E-state index contributed by atoms with van der Waals surface area (Å²) in [5, 5.41) is 30.9. The van der Waals surface area contributed by atoms with Gasteiger partial charge < -0.3 is 10.2 Å². The van der Waals surface area contributed by atoms with Gasteiger partial charge in [0.05, 0.1) is 11.1 Å². The van der Waals surface area contributed by atoms with Crippen molar-refractivity contribution < 1.29 is 15.0 Å². The van der Waals surface area contributed by atoms with Gasteiger partial charge in [0.15, 0.2) is 16.6 Å². The third kappa shape index (κ3) is 3.82. The quantitative estimate of drug-likeness (QED) is 0.368. The van der Waals surface area contributed by atoms with E-state index in [0.29, 0.717) is 16.4 Å². The van der Waals surface area contributed by atoms with Gasteiger partial charge in [0.25, 0.3) is 5.91 Å². The number of nitriles is 1. The van der Waals surface area contributed by atoms with Crippen molar-refractivity contribution in [1.82, 2.24) is 15.0 Å². The van der Waals surface area contributed by atoms with Crippen LogP contribution >= 0.6 is 11.3 Å². The number of nitrogens with one attached hydrogen (secondary N) is 1. The number of rotatable bonds is 4. The molecule has 1 amide bonds. The van der Waals surface area contributed by atoms with Crippen LogP contribution in [-0.2, 0) is 4.79 Å². The van der Waals surface area contributed by atoms with Crippen LogP contribution in [0.4, 0.5) is 5.13 Å². The average molecular weight is 365 g/mol. The lowest BCUT2D eigenvalue weighted by molar-refractivity contribution is -0.112. The number of hydrogen-bond donors (Lipinski definition) is 3. The second kappa shape index (κ2) is 7.42. The lowest BCUT2D eigenvalue weighted by Crippen LogP contribution is -2.13. The zero-order valence-corrected chi connectivity index (χ0v) is 13.9. The fraction of sp³-hybridized carbons (Fsp3) is 0. The number of benzene rings is 1. The Morgan fingerprint density at radius 3 is 2.73 bits per heavy atom. The minimum Gasteiger partial charge on any atom is -0.504 e. The first kappa shape index (κ1) is 17.1. The monoisotopic (exact) mass is 365 g/mol. The number of amides is 1. The molecule has 3 aromatic rings. The van der Waals surface area contributed by atoms with Crippen LogP contribution in [-0.4, -0.2) is 31.1 Å². The number of carbonyl (C=O) groups excluding carboxylic acids is 1. The minimum absolute atomic E-state index is 0.175. The van der Waals surface area contributed by atoms with Gasteiger partial charge in [-0.3, -0.25) is 20.1 Å². The summed E-state index contributed by atoms with van der Waals surface area (Å²) in [5.41, 5.74) is 0.846. The highest BCUT2D eigenvalue weighted by Gasteiger charge is 2.13. The zero-order chi connectivity index (χ0) is 18.5. The summed E-state index contributed by atoms with van der Waals surface area (Å²) in [4.78, 5) is 25.2. The van der Waals surface area contributed by atoms with E-state index in [2.05, 4.69) is 20.3 Å². The van der Waals surface area contributed by atoms with E-state index in [1.807, 2.05) is 0 Å². The van der Waals surface area contributed by atoms with Crippen molar-refractivity contribution in [3.8, 4) is 28.1 Å². The molecule has 0 unspecified atom stereocenters. The molecule has 2 heterocycles. The molecule has 0 spiro atoms. The van der Waals surface area contributed by atoms with Crippen molar-refractivity contribution in [1.29, 1.82) is 5.26 Å². The number of aromatic nitrogens is 3. The normalized spacial score (nSPS) is 11.0. The maximum atomic E-state index is 12.3.